The first-order valence-electron chi connectivity index (χ1n) is 19.0. The number of benzene rings is 3. The fourth-order valence-corrected chi connectivity index (χ4v) is 7.26. The average Bonchev–Trinajstić information content (AvgIpc) is 3.25. The molecule has 2 atom stereocenters. The number of nitrogens with zero attached hydrogens (tertiary/aromatic N) is 6. The molecule has 54 heavy (non-hydrogen) atoms. The molecule has 0 bridgehead atoms. The summed E-state index contributed by atoms with van der Waals surface area (Å²) in [7, 11) is 0. The molecule has 0 radical (unpaired) electrons. The second-order valence-electron chi connectivity index (χ2n) is 13.7. The van der Waals surface area contributed by atoms with Crippen LogP contribution in [0.4, 0.5) is 0 Å². The molecule has 0 fully saturated rings. The van der Waals surface area contributed by atoms with E-state index >= 15 is 0 Å². The SMILES string of the molecule is CCC(CC)(c1ccc(C2=NC(c3ccccn3)NC(c3ccccc3)=N2)cc1)c1ccc(C(C)/N=C(\N=C(/C)c2ccccn2)C2=CCCC=C2)cc1. The van der Waals surface area contributed by atoms with E-state index in [0.717, 1.165) is 76.7 Å². The highest BCUT2D eigenvalue weighted by molar-refractivity contribution is 6.13. The fourth-order valence-electron chi connectivity index (χ4n) is 7.26. The maximum Gasteiger partial charge on any atom is 0.165 e. The number of hydrogen-bond donors (Lipinski definition) is 1. The predicted octanol–water partition coefficient (Wildman–Crippen LogP) is 10.3. The predicted molar refractivity (Wildman–Crippen MR) is 223 cm³/mol. The van der Waals surface area contributed by atoms with E-state index in [1.54, 1.807) is 12.4 Å². The summed E-state index contributed by atoms with van der Waals surface area (Å²) in [6.45, 7) is 8.71. The van der Waals surface area contributed by atoms with E-state index in [-0.39, 0.29) is 17.6 Å². The monoisotopic (exact) mass is 709 g/mol. The molecule has 1 aliphatic carbocycles. The van der Waals surface area contributed by atoms with Gasteiger partial charge in [-0.15, -0.1) is 0 Å². The van der Waals surface area contributed by atoms with Crippen molar-refractivity contribution < 1.29 is 0 Å². The molecule has 2 aromatic heterocycles. The van der Waals surface area contributed by atoms with Crippen LogP contribution < -0.4 is 5.32 Å². The molecule has 1 aliphatic heterocycles. The zero-order chi connectivity index (χ0) is 37.3. The molecule has 5 aromatic rings. The normalized spacial score (nSPS) is 16.9. The maximum atomic E-state index is 5.18. The number of aromatic nitrogens is 2. The number of aliphatic imine (C=N–C) groups is 4. The number of amidine groups is 3. The third-order valence-electron chi connectivity index (χ3n) is 10.5. The van der Waals surface area contributed by atoms with E-state index in [4.69, 9.17) is 20.0 Å². The second kappa shape index (κ2) is 16.7. The third-order valence-corrected chi connectivity index (χ3v) is 10.5. The molecule has 7 rings (SSSR count). The van der Waals surface area contributed by atoms with Crippen molar-refractivity contribution in [1.29, 1.82) is 0 Å². The Kier molecular flexibility index (Phi) is 11.2. The quantitative estimate of drug-likeness (QED) is 0.109. The van der Waals surface area contributed by atoms with Crippen molar-refractivity contribution >= 4 is 23.2 Å². The van der Waals surface area contributed by atoms with E-state index in [9.17, 15) is 0 Å². The van der Waals surface area contributed by atoms with Gasteiger partial charge in [0, 0.05) is 34.5 Å². The van der Waals surface area contributed by atoms with Crippen LogP contribution in [-0.4, -0.2) is 33.2 Å². The van der Waals surface area contributed by atoms with E-state index in [0.29, 0.717) is 5.84 Å². The van der Waals surface area contributed by atoms with Crippen LogP contribution in [-0.2, 0) is 5.41 Å². The Bertz CT molecular complexity index is 2210. The highest BCUT2D eigenvalue weighted by Crippen LogP contribution is 2.40. The number of hydrogen-bond acceptors (Lipinski definition) is 6. The third kappa shape index (κ3) is 7.96. The van der Waals surface area contributed by atoms with Crippen molar-refractivity contribution in [2.75, 3.05) is 0 Å². The lowest BCUT2D eigenvalue weighted by Crippen LogP contribution is -2.34. The van der Waals surface area contributed by atoms with Gasteiger partial charge in [-0.05, 0) is 80.5 Å². The molecule has 7 heteroatoms. The maximum absolute atomic E-state index is 5.18. The van der Waals surface area contributed by atoms with Crippen LogP contribution in [0, 0.1) is 0 Å². The molecular formula is C47H47N7. The zero-order valence-corrected chi connectivity index (χ0v) is 31.5. The standard InChI is InChI=1S/C47H47N7/c1-5-47(6-2,39-27-23-35(24-28-39)33(3)50-43(36-17-9-7-10-18-36)51-34(4)41-21-13-15-31-48-41)40-29-25-38(26-30-40)45-52-44(37-19-11-8-12-20-37)53-46(54-45)42-22-14-16-32-49-42/h8-9,11-33,46H,5-7,10H2,1-4H3,(H,52,53,54)/b50-43-,51-34+. The van der Waals surface area contributed by atoms with E-state index < -0.39 is 0 Å². The Hall–Kier alpha value is -6.08. The van der Waals surface area contributed by atoms with Crippen molar-refractivity contribution in [1.82, 2.24) is 15.3 Å². The van der Waals surface area contributed by atoms with Crippen LogP contribution in [0.25, 0.3) is 0 Å². The topological polar surface area (TPSA) is 87.2 Å². The highest BCUT2D eigenvalue weighted by Gasteiger charge is 2.31. The summed E-state index contributed by atoms with van der Waals surface area (Å²) in [5.74, 6) is 2.21. The van der Waals surface area contributed by atoms with Crippen LogP contribution in [0.3, 0.4) is 0 Å². The number of pyridine rings is 2. The largest absolute Gasteiger partial charge is 0.343 e. The number of rotatable bonds is 11. The first kappa shape index (κ1) is 36.3. The van der Waals surface area contributed by atoms with Gasteiger partial charge in [0.15, 0.2) is 17.8 Å². The summed E-state index contributed by atoms with van der Waals surface area (Å²) in [5.41, 5.74) is 9.15. The molecule has 0 saturated heterocycles. The van der Waals surface area contributed by atoms with E-state index in [1.165, 1.54) is 11.1 Å². The summed E-state index contributed by atoms with van der Waals surface area (Å²) in [4.78, 5) is 29.3. The molecule has 0 spiro atoms. The Labute approximate surface area is 319 Å². The average molecular weight is 710 g/mol. The Morgan fingerprint density at radius 2 is 1.46 bits per heavy atom. The van der Waals surface area contributed by atoms with Crippen molar-refractivity contribution in [3.05, 3.63) is 191 Å². The number of nitrogens with one attached hydrogen (secondary N) is 1. The Balaban J connectivity index is 1.16. The molecule has 2 aliphatic rings. The van der Waals surface area contributed by atoms with Crippen molar-refractivity contribution in [3.63, 3.8) is 0 Å². The first-order valence-corrected chi connectivity index (χ1v) is 19.0. The zero-order valence-electron chi connectivity index (χ0n) is 31.5. The summed E-state index contributed by atoms with van der Waals surface area (Å²) < 4.78 is 0. The fraction of sp³-hybridized carbons (Fsp3) is 0.234. The molecule has 270 valence electrons. The summed E-state index contributed by atoms with van der Waals surface area (Å²) in [5, 5.41) is 3.49. The van der Waals surface area contributed by atoms with Gasteiger partial charge in [-0.25, -0.2) is 15.0 Å². The molecule has 0 saturated carbocycles. The van der Waals surface area contributed by atoms with Gasteiger partial charge in [-0.2, -0.15) is 0 Å². The van der Waals surface area contributed by atoms with Gasteiger partial charge in [-0.3, -0.25) is 15.0 Å². The van der Waals surface area contributed by atoms with Gasteiger partial charge in [0.05, 0.1) is 23.1 Å². The lowest BCUT2D eigenvalue weighted by atomic mass is 9.70. The van der Waals surface area contributed by atoms with Crippen molar-refractivity contribution in [2.24, 2.45) is 20.0 Å². The smallest absolute Gasteiger partial charge is 0.165 e. The minimum atomic E-state index is -0.340. The van der Waals surface area contributed by atoms with Gasteiger partial charge in [0.25, 0.3) is 0 Å². The molecule has 1 N–H and O–H groups in total. The number of allylic oxidation sites excluding steroid dienone is 2. The second-order valence-corrected chi connectivity index (χ2v) is 13.7. The van der Waals surface area contributed by atoms with E-state index in [2.05, 4.69) is 115 Å². The Morgan fingerprint density at radius 3 is 2.09 bits per heavy atom. The minimum absolute atomic E-state index is 0.0792. The van der Waals surface area contributed by atoms with Gasteiger partial charge < -0.3 is 5.32 Å². The van der Waals surface area contributed by atoms with Crippen LogP contribution in [0.2, 0.25) is 0 Å². The van der Waals surface area contributed by atoms with Crippen LogP contribution in [0.5, 0.6) is 0 Å². The van der Waals surface area contributed by atoms with Crippen LogP contribution in [0.1, 0.15) is 105 Å². The summed E-state index contributed by atoms with van der Waals surface area (Å²) >= 11 is 0. The van der Waals surface area contributed by atoms with Crippen LogP contribution in [0.15, 0.2) is 171 Å². The van der Waals surface area contributed by atoms with Gasteiger partial charge in [-0.1, -0.05) is 123 Å². The highest BCUT2D eigenvalue weighted by atomic mass is 15.2. The van der Waals surface area contributed by atoms with E-state index in [1.807, 2.05) is 61.5 Å². The van der Waals surface area contributed by atoms with Gasteiger partial charge in [0.2, 0.25) is 0 Å². The van der Waals surface area contributed by atoms with Crippen LogP contribution >= 0.6 is 0 Å². The van der Waals surface area contributed by atoms with Crippen molar-refractivity contribution in [3.8, 4) is 0 Å². The molecule has 3 heterocycles. The summed E-state index contributed by atoms with van der Waals surface area (Å²) in [6, 6.07) is 39.8. The van der Waals surface area contributed by atoms with Crippen molar-refractivity contribution in [2.45, 2.75) is 71.0 Å². The van der Waals surface area contributed by atoms with Gasteiger partial charge in [0.1, 0.15) is 5.84 Å². The Morgan fingerprint density at radius 1 is 0.778 bits per heavy atom. The lowest BCUT2D eigenvalue weighted by molar-refractivity contribution is 0.478. The molecular weight excluding hydrogens is 663 g/mol. The molecule has 7 nitrogen and oxygen atoms in total. The van der Waals surface area contributed by atoms with Gasteiger partial charge >= 0.3 is 0 Å². The lowest BCUT2D eigenvalue weighted by Gasteiger charge is -2.33. The molecule has 0 amide bonds. The minimum Gasteiger partial charge on any atom is -0.343 e. The first-order chi connectivity index (χ1) is 26.5. The molecule has 2 unspecified atom stereocenters. The molecule has 3 aromatic carbocycles. The summed E-state index contributed by atoms with van der Waals surface area (Å²) in [6.07, 6.45) is 13.8.